The van der Waals surface area contributed by atoms with Gasteiger partial charge in [-0.3, -0.25) is 14.9 Å². The average Bonchev–Trinajstić information content (AvgIpc) is 3.43. The van der Waals surface area contributed by atoms with Crippen molar-refractivity contribution in [3.05, 3.63) is 128 Å². The third-order valence-electron chi connectivity index (χ3n) is 6.50. The number of fused-ring (bicyclic) bond motifs is 2. The molecule has 0 aliphatic rings. The molecule has 0 aliphatic carbocycles. The smallest absolute Gasteiger partial charge is 0.282 e. The number of hydrogen-bond donors (Lipinski definition) is 0. The first-order chi connectivity index (χ1) is 20.4. The van der Waals surface area contributed by atoms with E-state index in [1.165, 1.54) is 30.1 Å². The first kappa shape index (κ1) is 26.7. The summed E-state index contributed by atoms with van der Waals surface area (Å²) in [6, 6.07) is 25.4. The third-order valence-corrected chi connectivity index (χ3v) is 6.74. The molecule has 6 rings (SSSR count). The molecule has 0 atom stereocenters. The predicted molar refractivity (Wildman–Crippen MR) is 160 cm³/mol. The number of aromatic nitrogens is 2. The first-order valence-corrected chi connectivity index (χ1v) is 13.1. The summed E-state index contributed by atoms with van der Waals surface area (Å²) >= 11 is 6.15. The number of nitro benzene ring substituents is 1. The Balaban J connectivity index is 1.33. The second-order valence-corrected chi connectivity index (χ2v) is 9.67. The lowest BCUT2D eigenvalue weighted by atomic mass is 10.2. The van der Waals surface area contributed by atoms with E-state index in [9.17, 15) is 14.9 Å². The quantitative estimate of drug-likeness (QED) is 0.110. The van der Waals surface area contributed by atoms with Gasteiger partial charge in [0.05, 0.1) is 29.2 Å². The van der Waals surface area contributed by atoms with Gasteiger partial charge in [-0.25, -0.2) is 4.98 Å². The number of benzene rings is 4. The van der Waals surface area contributed by atoms with Crippen molar-refractivity contribution in [1.82, 2.24) is 9.66 Å². The van der Waals surface area contributed by atoms with Crippen molar-refractivity contribution in [1.29, 1.82) is 0 Å². The molecule has 208 valence electrons. The molecule has 0 unspecified atom stereocenters. The Bertz CT molecular complexity index is 2050. The van der Waals surface area contributed by atoms with Crippen LogP contribution in [0.5, 0.6) is 11.5 Å². The van der Waals surface area contributed by atoms with Crippen LogP contribution in [-0.2, 0) is 6.61 Å². The highest BCUT2D eigenvalue weighted by molar-refractivity contribution is 6.31. The molecule has 4 aromatic carbocycles. The summed E-state index contributed by atoms with van der Waals surface area (Å²) in [6.07, 6.45) is 1.52. The maximum Gasteiger partial charge on any atom is 0.282 e. The summed E-state index contributed by atoms with van der Waals surface area (Å²) in [7, 11) is 1.51. The summed E-state index contributed by atoms with van der Waals surface area (Å²) in [5, 5.41) is 17.1. The standard InChI is InChI=1S/C31H21ClN4O6/c1-40-28-14-20(8-12-27(28)41-18-19-6-10-23(11-7-19)36(38)39)17-33-35-30(34-25-5-3-2-4-24(25)31(35)37)29-16-21-15-22(32)9-13-26(21)42-29/h2-17H,18H2,1H3. The molecule has 0 bridgehead atoms. The number of rotatable bonds is 8. The van der Waals surface area contributed by atoms with Gasteiger partial charge in [0, 0.05) is 22.5 Å². The Hall–Kier alpha value is -5.48. The van der Waals surface area contributed by atoms with Crippen LogP contribution in [-0.4, -0.2) is 27.9 Å². The number of ether oxygens (including phenoxy) is 2. The van der Waals surface area contributed by atoms with Crippen molar-refractivity contribution in [2.75, 3.05) is 7.11 Å². The van der Waals surface area contributed by atoms with Gasteiger partial charge in [0.2, 0.25) is 5.82 Å². The average molecular weight is 581 g/mol. The van der Waals surface area contributed by atoms with Crippen molar-refractivity contribution in [2.45, 2.75) is 6.61 Å². The zero-order valence-electron chi connectivity index (χ0n) is 22.1. The van der Waals surface area contributed by atoms with Gasteiger partial charge in [-0.2, -0.15) is 9.78 Å². The van der Waals surface area contributed by atoms with Crippen molar-refractivity contribution >= 4 is 45.4 Å². The van der Waals surface area contributed by atoms with E-state index in [4.69, 9.17) is 30.5 Å². The largest absolute Gasteiger partial charge is 0.493 e. The number of nitro groups is 1. The Morgan fingerprint density at radius 1 is 1.02 bits per heavy atom. The molecule has 2 aromatic heterocycles. The number of hydrogen-bond acceptors (Lipinski definition) is 8. The summed E-state index contributed by atoms with van der Waals surface area (Å²) in [5.41, 5.74) is 2.16. The van der Waals surface area contributed by atoms with Gasteiger partial charge in [-0.1, -0.05) is 23.7 Å². The number of nitrogens with zero attached hydrogens (tertiary/aromatic N) is 4. The summed E-state index contributed by atoms with van der Waals surface area (Å²) in [6.45, 7) is 0.187. The lowest BCUT2D eigenvalue weighted by Crippen LogP contribution is -2.20. The van der Waals surface area contributed by atoms with E-state index < -0.39 is 4.92 Å². The number of furan rings is 1. The SMILES string of the molecule is COc1cc(C=Nn2c(-c3cc4cc(Cl)ccc4o3)nc3ccccc3c2=O)ccc1OCc1ccc([N+](=O)[O-])cc1. The van der Waals surface area contributed by atoms with Crippen LogP contribution in [0, 0.1) is 10.1 Å². The molecule has 2 heterocycles. The Morgan fingerprint density at radius 3 is 2.62 bits per heavy atom. The van der Waals surface area contributed by atoms with Gasteiger partial charge >= 0.3 is 0 Å². The molecular weight excluding hydrogens is 560 g/mol. The minimum Gasteiger partial charge on any atom is -0.493 e. The van der Waals surface area contributed by atoms with Crippen molar-refractivity contribution < 1.29 is 18.8 Å². The fourth-order valence-corrected chi connectivity index (χ4v) is 4.58. The topological polar surface area (TPSA) is 122 Å². The van der Waals surface area contributed by atoms with E-state index in [-0.39, 0.29) is 23.7 Å². The maximum atomic E-state index is 13.5. The highest BCUT2D eigenvalue weighted by atomic mass is 35.5. The molecule has 11 heteroatoms. The van der Waals surface area contributed by atoms with Gasteiger partial charge < -0.3 is 13.9 Å². The molecule has 0 aliphatic heterocycles. The van der Waals surface area contributed by atoms with E-state index >= 15 is 0 Å². The normalized spacial score (nSPS) is 11.4. The summed E-state index contributed by atoms with van der Waals surface area (Å²) in [5.74, 6) is 1.51. The molecule has 42 heavy (non-hydrogen) atoms. The van der Waals surface area contributed by atoms with Gasteiger partial charge in [-0.05, 0) is 77.9 Å². The molecule has 10 nitrogen and oxygen atoms in total. The second-order valence-electron chi connectivity index (χ2n) is 9.23. The van der Waals surface area contributed by atoms with Crippen molar-refractivity contribution in [3.63, 3.8) is 0 Å². The Labute approximate surface area is 243 Å². The van der Waals surface area contributed by atoms with Crippen LogP contribution in [0.3, 0.4) is 0 Å². The van der Waals surface area contributed by atoms with Crippen LogP contribution in [0.2, 0.25) is 5.02 Å². The van der Waals surface area contributed by atoms with E-state index in [1.54, 1.807) is 72.8 Å². The fraction of sp³-hybridized carbons (Fsp3) is 0.0645. The molecule has 0 radical (unpaired) electrons. The van der Waals surface area contributed by atoms with E-state index in [0.29, 0.717) is 44.3 Å². The van der Waals surface area contributed by atoms with E-state index in [2.05, 4.69) is 5.10 Å². The molecular formula is C31H21ClN4O6. The first-order valence-electron chi connectivity index (χ1n) is 12.7. The van der Waals surface area contributed by atoms with E-state index in [0.717, 1.165) is 10.9 Å². The van der Waals surface area contributed by atoms with E-state index in [1.807, 2.05) is 6.07 Å². The van der Waals surface area contributed by atoms with Crippen LogP contribution < -0.4 is 15.0 Å². The highest BCUT2D eigenvalue weighted by Gasteiger charge is 2.17. The summed E-state index contributed by atoms with van der Waals surface area (Å²) < 4.78 is 18.6. The fourth-order valence-electron chi connectivity index (χ4n) is 4.40. The van der Waals surface area contributed by atoms with Crippen LogP contribution >= 0.6 is 11.6 Å². The van der Waals surface area contributed by atoms with Gasteiger partial charge in [-0.15, -0.1) is 0 Å². The van der Waals surface area contributed by atoms with Gasteiger partial charge in [0.1, 0.15) is 12.2 Å². The maximum absolute atomic E-state index is 13.5. The van der Waals surface area contributed by atoms with Crippen molar-refractivity contribution in [2.24, 2.45) is 5.10 Å². The molecule has 0 fully saturated rings. The third kappa shape index (κ3) is 5.30. The van der Waals surface area contributed by atoms with Crippen LogP contribution in [0.15, 0.2) is 105 Å². The Kier molecular flexibility index (Phi) is 7.12. The lowest BCUT2D eigenvalue weighted by Gasteiger charge is -2.11. The second kappa shape index (κ2) is 11.2. The zero-order valence-corrected chi connectivity index (χ0v) is 22.8. The zero-order chi connectivity index (χ0) is 29.2. The monoisotopic (exact) mass is 580 g/mol. The molecule has 0 spiro atoms. The molecule has 6 aromatic rings. The Morgan fingerprint density at radius 2 is 1.83 bits per heavy atom. The minimum absolute atomic E-state index is 0.00793. The number of para-hydroxylation sites is 1. The lowest BCUT2D eigenvalue weighted by molar-refractivity contribution is -0.384. The molecule has 0 N–H and O–H groups in total. The molecule has 0 saturated carbocycles. The van der Waals surface area contributed by atoms with Crippen molar-refractivity contribution in [3.8, 4) is 23.1 Å². The molecule has 0 amide bonds. The van der Waals surface area contributed by atoms with Crippen LogP contribution in [0.25, 0.3) is 33.5 Å². The van der Waals surface area contributed by atoms with Gasteiger partial charge in [0.25, 0.3) is 11.2 Å². The number of non-ortho nitro benzene ring substituents is 1. The minimum atomic E-state index is -0.453. The van der Waals surface area contributed by atoms with Gasteiger partial charge in [0.15, 0.2) is 17.3 Å². The predicted octanol–water partition coefficient (Wildman–Crippen LogP) is 6.84. The highest BCUT2D eigenvalue weighted by Crippen LogP contribution is 2.30. The summed E-state index contributed by atoms with van der Waals surface area (Å²) in [4.78, 5) is 28.7. The van der Waals surface area contributed by atoms with Crippen LogP contribution in [0.4, 0.5) is 5.69 Å². The molecule has 0 saturated heterocycles. The van der Waals surface area contributed by atoms with Crippen LogP contribution in [0.1, 0.15) is 11.1 Å². The number of methoxy groups -OCH3 is 1. The number of halogens is 1.